The molecule has 2 aromatic heterocycles. The molecule has 1 aromatic carbocycles. The summed E-state index contributed by atoms with van der Waals surface area (Å²) in [5.41, 5.74) is 0.888. The highest BCUT2D eigenvalue weighted by Gasteiger charge is 2.27. The summed E-state index contributed by atoms with van der Waals surface area (Å²) >= 11 is 1.02. The molecule has 0 bridgehead atoms. The maximum Gasteiger partial charge on any atom is 0.168 e. The van der Waals surface area contributed by atoms with E-state index in [1.165, 1.54) is 24.5 Å². The normalized spacial score (nSPS) is 12.0. The lowest BCUT2D eigenvalue weighted by atomic mass is 10.00. The second-order valence-corrected chi connectivity index (χ2v) is 7.14. The molecular formula is C20H14F4N2OS. The van der Waals surface area contributed by atoms with Gasteiger partial charge in [-0.1, -0.05) is 0 Å². The molecule has 0 saturated heterocycles. The molecule has 1 atom stereocenters. The van der Waals surface area contributed by atoms with Crippen LogP contribution in [0, 0.1) is 24.4 Å². The molecule has 0 aliphatic heterocycles. The van der Waals surface area contributed by atoms with Gasteiger partial charge < -0.3 is 0 Å². The number of thioether (sulfide) groups is 1. The van der Waals surface area contributed by atoms with Crippen molar-refractivity contribution in [2.24, 2.45) is 0 Å². The monoisotopic (exact) mass is 406 g/mol. The van der Waals surface area contributed by atoms with Crippen LogP contribution in [0.1, 0.15) is 38.1 Å². The van der Waals surface area contributed by atoms with E-state index in [4.69, 9.17) is 0 Å². The minimum atomic E-state index is -1.30. The van der Waals surface area contributed by atoms with Gasteiger partial charge in [-0.3, -0.25) is 14.8 Å². The van der Waals surface area contributed by atoms with Gasteiger partial charge in [-0.2, -0.15) is 0 Å². The second kappa shape index (κ2) is 8.52. The van der Waals surface area contributed by atoms with E-state index < -0.39 is 34.9 Å². The van der Waals surface area contributed by atoms with Crippen LogP contribution in [0.25, 0.3) is 0 Å². The van der Waals surface area contributed by atoms with Crippen molar-refractivity contribution in [2.45, 2.75) is 23.7 Å². The first-order valence-corrected chi connectivity index (χ1v) is 9.05. The van der Waals surface area contributed by atoms with Crippen LogP contribution in [0.2, 0.25) is 0 Å². The first kappa shape index (κ1) is 20.0. The van der Waals surface area contributed by atoms with Crippen LogP contribution in [0.3, 0.4) is 0 Å². The Hall–Kier alpha value is -2.74. The van der Waals surface area contributed by atoms with E-state index in [1.807, 2.05) is 0 Å². The summed E-state index contributed by atoms with van der Waals surface area (Å²) in [6.45, 7) is 0.925. The van der Waals surface area contributed by atoms with Gasteiger partial charge in [-0.15, -0.1) is 11.8 Å². The summed E-state index contributed by atoms with van der Waals surface area (Å²) in [6, 6.07) is 6.08. The van der Waals surface area contributed by atoms with Crippen molar-refractivity contribution in [3.05, 3.63) is 88.3 Å². The molecule has 0 fully saturated rings. The molecule has 2 heterocycles. The smallest absolute Gasteiger partial charge is 0.168 e. The van der Waals surface area contributed by atoms with Gasteiger partial charge in [-0.25, -0.2) is 17.6 Å². The highest BCUT2D eigenvalue weighted by atomic mass is 32.2. The molecule has 0 radical (unpaired) electrons. The largest absolute Gasteiger partial charge is 0.296 e. The summed E-state index contributed by atoms with van der Waals surface area (Å²) in [7, 11) is 0. The Bertz CT molecular complexity index is 1010. The Labute approximate surface area is 162 Å². The number of pyridine rings is 2. The van der Waals surface area contributed by atoms with Crippen molar-refractivity contribution in [1.82, 2.24) is 9.97 Å². The van der Waals surface area contributed by atoms with Crippen molar-refractivity contribution in [3.63, 3.8) is 0 Å². The van der Waals surface area contributed by atoms with Crippen LogP contribution >= 0.6 is 11.8 Å². The number of aromatic nitrogens is 2. The number of carbonyl (C=O) groups excluding carboxylic acids is 1. The molecular weight excluding hydrogens is 392 g/mol. The van der Waals surface area contributed by atoms with Crippen molar-refractivity contribution in [1.29, 1.82) is 0 Å². The summed E-state index contributed by atoms with van der Waals surface area (Å²) in [5, 5.41) is -0.998. The average Bonchev–Trinajstić information content (AvgIpc) is 2.71. The Kier molecular flexibility index (Phi) is 6.08. The molecule has 0 amide bonds. The van der Waals surface area contributed by atoms with Crippen LogP contribution in [0.4, 0.5) is 17.6 Å². The molecule has 3 rings (SSSR count). The Morgan fingerprint density at radius 1 is 1.07 bits per heavy atom. The molecule has 0 spiro atoms. The molecule has 144 valence electrons. The quantitative estimate of drug-likeness (QED) is 0.239. The average molecular weight is 406 g/mol. The molecule has 28 heavy (non-hydrogen) atoms. The molecule has 0 aliphatic carbocycles. The molecule has 3 aromatic rings. The standard InChI is InChI=1S/C20H14F4N2OS/c1-11-6-13(10-27)26-9-15(11)20(18-16(22)4-5-17(23)19(18)24)28-14-3-2-12(7-21)25-8-14/h2-6,8-10,20H,7H2,1H3. The number of alkyl halides is 1. The van der Waals surface area contributed by atoms with Crippen molar-refractivity contribution in [3.8, 4) is 0 Å². The summed E-state index contributed by atoms with van der Waals surface area (Å²) in [5.74, 6) is -3.39. The summed E-state index contributed by atoms with van der Waals surface area (Å²) in [6.07, 6.45) is 3.27. The molecule has 0 saturated carbocycles. The number of aryl methyl sites for hydroxylation is 1. The third kappa shape index (κ3) is 4.06. The lowest BCUT2D eigenvalue weighted by Gasteiger charge is -2.21. The van der Waals surface area contributed by atoms with Crippen LogP contribution in [0.5, 0.6) is 0 Å². The SMILES string of the molecule is Cc1cc(C=O)ncc1C(Sc1ccc(CF)nc1)c1c(F)ccc(F)c1F. The van der Waals surface area contributed by atoms with E-state index in [9.17, 15) is 22.4 Å². The van der Waals surface area contributed by atoms with Gasteiger partial charge in [0.1, 0.15) is 18.2 Å². The number of hydrogen-bond acceptors (Lipinski definition) is 4. The van der Waals surface area contributed by atoms with Crippen molar-refractivity contribution in [2.75, 3.05) is 0 Å². The highest BCUT2D eigenvalue weighted by molar-refractivity contribution is 7.99. The van der Waals surface area contributed by atoms with Gasteiger partial charge in [0.15, 0.2) is 17.9 Å². The Balaban J connectivity index is 2.13. The van der Waals surface area contributed by atoms with Gasteiger partial charge >= 0.3 is 0 Å². The fraction of sp³-hybridized carbons (Fsp3) is 0.150. The van der Waals surface area contributed by atoms with E-state index in [1.54, 1.807) is 13.0 Å². The molecule has 8 heteroatoms. The van der Waals surface area contributed by atoms with Crippen molar-refractivity contribution >= 4 is 18.0 Å². The Morgan fingerprint density at radius 3 is 2.43 bits per heavy atom. The number of nitrogens with zero attached hydrogens (tertiary/aromatic N) is 2. The van der Waals surface area contributed by atoms with Gasteiger partial charge in [0.25, 0.3) is 0 Å². The lowest BCUT2D eigenvalue weighted by molar-refractivity contribution is 0.111. The maximum absolute atomic E-state index is 14.5. The van der Waals surface area contributed by atoms with Gasteiger partial charge in [0, 0.05) is 22.9 Å². The van der Waals surface area contributed by atoms with Gasteiger partial charge in [0.05, 0.1) is 10.9 Å². The third-order valence-corrected chi connectivity index (χ3v) is 5.34. The second-order valence-electron chi connectivity index (χ2n) is 5.96. The predicted octanol–water partition coefficient (Wildman–Crippen LogP) is 5.37. The number of halogens is 4. The summed E-state index contributed by atoms with van der Waals surface area (Å²) < 4.78 is 55.5. The maximum atomic E-state index is 14.5. The lowest BCUT2D eigenvalue weighted by Crippen LogP contribution is -2.08. The van der Waals surface area contributed by atoms with Crippen LogP contribution in [0.15, 0.2) is 47.6 Å². The first-order valence-electron chi connectivity index (χ1n) is 8.17. The number of hydrogen-bond donors (Lipinski definition) is 0. The third-order valence-electron chi connectivity index (χ3n) is 4.11. The van der Waals surface area contributed by atoms with Gasteiger partial charge in [0.2, 0.25) is 0 Å². The molecule has 1 unspecified atom stereocenters. The molecule has 0 N–H and O–H groups in total. The zero-order valence-corrected chi connectivity index (χ0v) is 15.4. The minimum Gasteiger partial charge on any atom is -0.296 e. The van der Waals surface area contributed by atoms with E-state index in [0.29, 0.717) is 28.4 Å². The van der Waals surface area contributed by atoms with E-state index in [0.717, 1.165) is 17.8 Å². The van der Waals surface area contributed by atoms with Gasteiger partial charge in [-0.05, 0) is 48.4 Å². The number of rotatable bonds is 6. The fourth-order valence-corrected chi connectivity index (χ4v) is 3.92. The fourth-order valence-electron chi connectivity index (χ4n) is 2.68. The van der Waals surface area contributed by atoms with Crippen molar-refractivity contribution < 1.29 is 22.4 Å². The van der Waals surface area contributed by atoms with E-state index in [2.05, 4.69) is 9.97 Å². The van der Waals surface area contributed by atoms with E-state index in [-0.39, 0.29) is 11.4 Å². The van der Waals surface area contributed by atoms with Crippen LogP contribution < -0.4 is 0 Å². The number of aldehydes is 1. The number of carbonyl (C=O) groups is 1. The van der Waals surface area contributed by atoms with Crippen LogP contribution in [-0.2, 0) is 6.67 Å². The van der Waals surface area contributed by atoms with E-state index >= 15 is 0 Å². The zero-order chi connectivity index (χ0) is 20.3. The highest BCUT2D eigenvalue weighted by Crippen LogP contribution is 2.43. The Morgan fingerprint density at radius 2 is 1.82 bits per heavy atom. The molecule has 0 aliphatic rings. The topological polar surface area (TPSA) is 42.9 Å². The minimum absolute atomic E-state index is 0.166. The predicted molar refractivity (Wildman–Crippen MR) is 97.4 cm³/mol. The molecule has 3 nitrogen and oxygen atoms in total. The summed E-state index contributed by atoms with van der Waals surface area (Å²) in [4.78, 5) is 19.3. The zero-order valence-electron chi connectivity index (χ0n) is 14.6. The van der Waals surface area contributed by atoms with Crippen LogP contribution in [-0.4, -0.2) is 16.3 Å². The first-order chi connectivity index (χ1) is 13.4. The number of benzene rings is 1.